The quantitative estimate of drug-likeness (QED) is 0.368. The predicted octanol–water partition coefficient (Wildman–Crippen LogP) is -2.29. The van der Waals surface area contributed by atoms with E-state index in [2.05, 4.69) is 0 Å². The molecule has 0 aliphatic heterocycles. The molecule has 0 aliphatic carbocycles. The van der Waals surface area contributed by atoms with Crippen molar-refractivity contribution in [3.8, 4) is 0 Å². The first-order valence-corrected chi connectivity index (χ1v) is 0.775. The predicted molar refractivity (Wildman–Crippen MR) is 13.8 cm³/mol. The maximum absolute atomic E-state index is 7.17. The molecule has 0 aromatic rings. The molecule has 0 unspecified atom stereocenters. The normalized spacial score (nSPS) is 3.86. The summed E-state index contributed by atoms with van der Waals surface area (Å²) >= 11 is 0. The van der Waals surface area contributed by atoms with Crippen LogP contribution < -0.4 is 0 Å². The number of hydrogen-bond acceptors (Lipinski definition) is 3. The average molecular weight is 185 g/mol. The fourth-order valence-electron chi connectivity index (χ4n) is 0. The van der Waals surface area contributed by atoms with Crippen LogP contribution in [0, 0.1) is 0 Å². The van der Waals surface area contributed by atoms with Crippen LogP contribution in [0.25, 0.3) is 0 Å². The molecule has 0 bridgehead atoms. The minimum atomic E-state index is -2.17. The van der Waals surface area contributed by atoms with Crippen molar-refractivity contribution in [3.05, 3.63) is 0 Å². The van der Waals surface area contributed by atoms with E-state index in [1.807, 2.05) is 0 Å². The molecular weight excluding hydrogens is 182 g/mol. The fourth-order valence-corrected chi connectivity index (χ4v) is 0. The van der Waals surface area contributed by atoms with Crippen LogP contribution in [0.2, 0.25) is 0 Å². The Bertz CT molecular complexity index is 12.8. The summed E-state index contributed by atoms with van der Waals surface area (Å²) in [4.78, 5) is 0. The van der Waals surface area contributed by atoms with Gasteiger partial charge in [0.2, 0.25) is 0 Å². The SMILES string of the molecule is OB(O)O.[O-2].[O-2].[Zr+4]. The van der Waals surface area contributed by atoms with Crippen molar-refractivity contribution >= 4 is 7.32 Å². The van der Waals surface area contributed by atoms with Gasteiger partial charge >= 0.3 is 33.5 Å². The molecule has 0 saturated carbocycles. The van der Waals surface area contributed by atoms with E-state index >= 15 is 0 Å². The Labute approximate surface area is 59.9 Å². The van der Waals surface area contributed by atoms with Crippen molar-refractivity contribution in [2.75, 3.05) is 0 Å². The molecular formula is H3BO5Zr. The van der Waals surface area contributed by atoms with E-state index in [-0.39, 0.29) is 37.2 Å². The molecule has 0 atom stereocenters. The van der Waals surface area contributed by atoms with E-state index in [9.17, 15) is 0 Å². The Balaban J connectivity index is -0.0000000150. The zero-order valence-corrected chi connectivity index (χ0v) is 5.69. The summed E-state index contributed by atoms with van der Waals surface area (Å²) in [5, 5.41) is 21.5. The van der Waals surface area contributed by atoms with Crippen LogP contribution in [0.15, 0.2) is 0 Å². The van der Waals surface area contributed by atoms with Gasteiger partial charge in [-0.2, -0.15) is 0 Å². The van der Waals surface area contributed by atoms with Gasteiger partial charge in [0, 0.05) is 0 Å². The monoisotopic (exact) mass is 184 g/mol. The van der Waals surface area contributed by atoms with Crippen LogP contribution >= 0.6 is 0 Å². The van der Waals surface area contributed by atoms with Gasteiger partial charge in [0.05, 0.1) is 0 Å². The van der Waals surface area contributed by atoms with Crippen molar-refractivity contribution in [2.45, 2.75) is 0 Å². The zero-order valence-electron chi connectivity index (χ0n) is 3.24. The van der Waals surface area contributed by atoms with Crippen LogP contribution in [0.3, 0.4) is 0 Å². The summed E-state index contributed by atoms with van der Waals surface area (Å²) in [5.41, 5.74) is 0. The molecule has 0 spiro atoms. The first kappa shape index (κ1) is 25.1. The van der Waals surface area contributed by atoms with Crippen molar-refractivity contribution in [2.24, 2.45) is 0 Å². The molecule has 0 aromatic carbocycles. The van der Waals surface area contributed by atoms with Crippen molar-refractivity contribution in [1.29, 1.82) is 0 Å². The molecule has 7 heteroatoms. The average Bonchev–Trinajstić information content (AvgIpc) is 0.811. The van der Waals surface area contributed by atoms with Gasteiger partial charge in [-0.15, -0.1) is 0 Å². The van der Waals surface area contributed by atoms with Crippen LogP contribution in [0.4, 0.5) is 0 Å². The van der Waals surface area contributed by atoms with Crippen molar-refractivity contribution in [3.63, 3.8) is 0 Å². The Morgan fingerprint density at radius 2 is 0.857 bits per heavy atom. The van der Waals surface area contributed by atoms with Gasteiger partial charge in [-0.1, -0.05) is 0 Å². The molecule has 7 heavy (non-hydrogen) atoms. The van der Waals surface area contributed by atoms with Crippen LogP contribution in [-0.4, -0.2) is 22.4 Å². The summed E-state index contributed by atoms with van der Waals surface area (Å²) in [6, 6.07) is 0. The molecule has 40 valence electrons. The number of rotatable bonds is 0. The van der Waals surface area contributed by atoms with Gasteiger partial charge in [0.15, 0.2) is 0 Å². The molecule has 5 nitrogen and oxygen atoms in total. The summed E-state index contributed by atoms with van der Waals surface area (Å²) in [6.45, 7) is 0. The van der Waals surface area contributed by atoms with E-state index in [1.54, 1.807) is 0 Å². The molecule has 0 radical (unpaired) electrons. The first-order valence-electron chi connectivity index (χ1n) is 0.775. The molecule has 0 amide bonds. The summed E-state index contributed by atoms with van der Waals surface area (Å²) in [5.74, 6) is 0. The van der Waals surface area contributed by atoms with E-state index in [1.165, 1.54) is 0 Å². The molecule has 0 aliphatic rings. The fraction of sp³-hybridized carbons (Fsp3) is 0. The summed E-state index contributed by atoms with van der Waals surface area (Å²) < 4.78 is 0. The zero-order chi connectivity index (χ0) is 3.58. The standard InChI is InChI=1S/BH3O3.2O.Zr/c2-1(3)4;;;/h2-4H;;;/q;2*-2;+4. The molecule has 0 rings (SSSR count). The Hall–Kier alpha value is 0.748. The van der Waals surface area contributed by atoms with Crippen molar-refractivity contribution in [1.82, 2.24) is 0 Å². The Kier molecular flexibility index (Phi) is 56.9. The topological polar surface area (TPSA) is 118 Å². The van der Waals surface area contributed by atoms with Gasteiger partial charge in [-0.25, -0.2) is 0 Å². The smallest absolute Gasteiger partial charge is 2.00 e. The maximum atomic E-state index is 7.17. The minimum absolute atomic E-state index is 0. The van der Waals surface area contributed by atoms with Crippen LogP contribution in [0.5, 0.6) is 0 Å². The number of hydrogen-bond donors (Lipinski definition) is 3. The third-order valence-corrected chi connectivity index (χ3v) is 0. The van der Waals surface area contributed by atoms with Gasteiger partial charge in [-0.05, 0) is 0 Å². The summed E-state index contributed by atoms with van der Waals surface area (Å²) in [7, 11) is -2.17. The van der Waals surface area contributed by atoms with Gasteiger partial charge in [0.1, 0.15) is 0 Å². The van der Waals surface area contributed by atoms with Gasteiger partial charge < -0.3 is 26.0 Å². The second-order valence-corrected chi connectivity index (χ2v) is 0.346. The van der Waals surface area contributed by atoms with Crippen LogP contribution in [-0.2, 0) is 37.2 Å². The third-order valence-electron chi connectivity index (χ3n) is 0. The largest absolute Gasteiger partial charge is 4.00 e. The maximum Gasteiger partial charge on any atom is 4.00 e. The molecule has 3 N–H and O–H groups in total. The van der Waals surface area contributed by atoms with Crippen molar-refractivity contribution < 1.29 is 52.2 Å². The van der Waals surface area contributed by atoms with Gasteiger partial charge in [-0.3, -0.25) is 0 Å². The van der Waals surface area contributed by atoms with E-state index in [0.29, 0.717) is 0 Å². The summed E-state index contributed by atoms with van der Waals surface area (Å²) in [6.07, 6.45) is 0. The van der Waals surface area contributed by atoms with Crippen LogP contribution in [0.1, 0.15) is 0 Å². The van der Waals surface area contributed by atoms with E-state index < -0.39 is 7.32 Å². The minimum Gasteiger partial charge on any atom is -2.00 e. The van der Waals surface area contributed by atoms with Gasteiger partial charge in [0.25, 0.3) is 0 Å². The Morgan fingerprint density at radius 1 is 0.857 bits per heavy atom. The van der Waals surface area contributed by atoms with E-state index in [4.69, 9.17) is 15.1 Å². The second kappa shape index (κ2) is 15.9. The Morgan fingerprint density at radius 3 is 0.857 bits per heavy atom. The first-order chi connectivity index (χ1) is 1.73. The molecule has 0 heterocycles. The molecule has 0 saturated heterocycles. The van der Waals surface area contributed by atoms with E-state index in [0.717, 1.165) is 0 Å². The third kappa shape index (κ3) is 272. The molecule has 0 aromatic heterocycles. The second-order valence-electron chi connectivity index (χ2n) is 0.346. The molecule has 0 fully saturated rings.